The fraction of sp³-hybridized carbons (Fsp3) is 0.348. The third-order valence-electron chi connectivity index (χ3n) is 4.86. The van der Waals surface area contributed by atoms with Crippen molar-refractivity contribution in [1.29, 1.82) is 0 Å². The maximum Gasteiger partial charge on any atom is 0.226 e. The van der Waals surface area contributed by atoms with Gasteiger partial charge in [-0.1, -0.05) is 54.6 Å². The summed E-state index contributed by atoms with van der Waals surface area (Å²) in [7, 11) is 0. The molecule has 136 valence electrons. The molecule has 2 aromatic carbocycles. The quantitative estimate of drug-likeness (QED) is 0.661. The Morgan fingerprint density at radius 2 is 1.81 bits per heavy atom. The Kier molecular flexibility index (Phi) is 6.48. The molecule has 1 atom stereocenters. The molecule has 0 aromatic heterocycles. The monoisotopic (exact) mass is 349 g/mol. The minimum atomic E-state index is 0.147. The Labute approximate surface area is 156 Å². The summed E-state index contributed by atoms with van der Waals surface area (Å²) >= 11 is 0. The molecule has 0 aliphatic heterocycles. The first kappa shape index (κ1) is 18.2. The van der Waals surface area contributed by atoms with Gasteiger partial charge in [-0.05, 0) is 49.4 Å². The van der Waals surface area contributed by atoms with Crippen LogP contribution in [0.5, 0.6) is 5.75 Å². The van der Waals surface area contributed by atoms with Crippen LogP contribution in [0.2, 0.25) is 0 Å². The molecule has 2 aromatic rings. The van der Waals surface area contributed by atoms with Crippen molar-refractivity contribution in [2.75, 3.05) is 6.54 Å². The number of carbonyl (C=O) groups is 1. The highest BCUT2D eigenvalue weighted by Crippen LogP contribution is 2.22. The molecular formula is C23H27NO2. The van der Waals surface area contributed by atoms with E-state index < -0.39 is 0 Å². The van der Waals surface area contributed by atoms with Crippen LogP contribution in [0, 0.1) is 5.92 Å². The number of hydrogen-bond donors (Lipinski definition) is 0. The molecule has 0 fully saturated rings. The van der Waals surface area contributed by atoms with Crippen LogP contribution < -0.4 is 4.74 Å². The first-order valence-electron chi connectivity index (χ1n) is 9.45. The van der Waals surface area contributed by atoms with E-state index in [0.29, 0.717) is 13.2 Å². The lowest BCUT2D eigenvalue weighted by Gasteiger charge is -2.27. The summed E-state index contributed by atoms with van der Waals surface area (Å²) < 4.78 is 5.83. The topological polar surface area (TPSA) is 29.5 Å². The first-order chi connectivity index (χ1) is 12.8. The van der Waals surface area contributed by atoms with E-state index in [1.54, 1.807) is 0 Å². The van der Waals surface area contributed by atoms with Crippen LogP contribution in [-0.2, 0) is 17.9 Å². The molecular weight excluding hydrogens is 322 g/mol. The van der Waals surface area contributed by atoms with Crippen molar-refractivity contribution >= 4 is 5.91 Å². The highest BCUT2D eigenvalue weighted by atomic mass is 16.5. The summed E-state index contributed by atoms with van der Waals surface area (Å²) in [6.07, 6.45) is 7.17. The van der Waals surface area contributed by atoms with Crippen LogP contribution in [0.3, 0.4) is 0 Å². The summed E-state index contributed by atoms with van der Waals surface area (Å²) in [5.41, 5.74) is 2.29. The van der Waals surface area contributed by atoms with Gasteiger partial charge in [0, 0.05) is 19.0 Å². The van der Waals surface area contributed by atoms with Crippen molar-refractivity contribution in [2.45, 2.75) is 39.3 Å². The standard InChI is InChI=1S/C23H27NO2/c1-2-24(23(25)21-11-7-4-8-12-21)17-19-13-15-22(16-14-19)26-18-20-9-5-3-6-10-20/h3-7,9-10,13-16,21H,2,8,11-12,17-18H2,1H3/t21-/m0/s1. The largest absolute Gasteiger partial charge is 0.489 e. The fourth-order valence-electron chi connectivity index (χ4n) is 3.27. The number of amides is 1. The van der Waals surface area contributed by atoms with Crippen molar-refractivity contribution in [3.05, 3.63) is 77.9 Å². The van der Waals surface area contributed by atoms with E-state index in [2.05, 4.69) is 36.4 Å². The molecule has 26 heavy (non-hydrogen) atoms. The second-order valence-corrected chi connectivity index (χ2v) is 6.75. The van der Waals surface area contributed by atoms with E-state index in [4.69, 9.17) is 4.74 Å². The summed E-state index contributed by atoms with van der Waals surface area (Å²) in [6.45, 7) is 4.02. The van der Waals surface area contributed by atoms with Crippen molar-refractivity contribution < 1.29 is 9.53 Å². The number of hydrogen-bond acceptors (Lipinski definition) is 2. The Morgan fingerprint density at radius 3 is 2.46 bits per heavy atom. The molecule has 0 radical (unpaired) electrons. The van der Waals surface area contributed by atoms with Gasteiger partial charge in [-0.25, -0.2) is 0 Å². The van der Waals surface area contributed by atoms with Gasteiger partial charge in [0.2, 0.25) is 5.91 Å². The average molecular weight is 349 g/mol. The van der Waals surface area contributed by atoms with Gasteiger partial charge in [0.25, 0.3) is 0 Å². The lowest BCUT2D eigenvalue weighted by atomic mass is 9.93. The van der Waals surface area contributed by atoms with Crippen LogP contribution in [0.25, 0.3) is 0 Å². The van der Waals surface area contributed by atoms with Crippen molar-refractivity contribution in [3.8, 4) is 5.75 Å². The van der Waals surface area contributed by atoms with Gasteiger partial charge in [-0.15, -0.1) is 0 Å². The minimum absolute atomic E-state index is 0.147. The fourth-order valence-corrected chi connectivity index (χ4v) is 3.27. The van der Waals surface area contributed by atoms with Gasteiger partial charge < -0.3 is 9.64 Å². The summed E-state index contributed by atoms with van der Waals surface area (Å²) in [5.74, 6) is 1.28. The molecule has 0 saturated heterocycles. The highest BCUT2D eigenvalue weighted by molar-refractivity contribution is 5.79. The SMILES string of the molecule is CCN(Cc1ccc(OCc2ccccc2)cc1)C(=O)[C@H]1CC=CCC1. The van der Waals surface area contributed by atoms with Crippen LogP contribution in [0.4, 0.5) is 0 Å². The van der Waals surface area contributed by atoms with E-state index >= 15 is 0 Å². The Balaban J connectivity index is 1.55. The maximum atomic E-state index is 12.7. The lowest BCUT2D eigenvalue weighted by molar-refractivity contribution is -0.136. The molecule has 0 heterocycles. The average Bonchev–Trinajstić information content (AvgIpc) is 2.72. The van der Waals surface area contributed by atoms with Crippen LogP contribution in [-0.4, -0.2) is 17.4 Å². The third-order valence-corrected chi connectivity index (χ3v) is 4.86. The van der Waals surface area contributed by atoms with E-state index in [1.807, 2.05) is 42.2 Å². The smallest absolute Gasteiger partial charge is 0.226 e. The minimum Gasteiger partial charge on any atom is -0.489 e. The molecule has 3 nitrogen and oxygen atoms in total. The maximum absolute atomic E-state index is 12.7. The second-order valence-electron chi connectivity index (χ2n) is 6.75. The zero-order valence-electron chi connectivity index (χ0n) is 15.4. The predicted molar refractivity (Wildman–Crippen MR) is 105 cm³/mol. The number of rotatable bonds is 7. The number of carbonyl (C=O) groups excluding carboxylic acids is 1. The van der Waals surface area contributed by atoms with Gasteiger partial charge in [0.15, 0.2) is 0 Å². The number of ether oxygens (including phenoxy) is 1. The molecule has 1 aliphatic carbocycles. The summed E-state index contributed by atoms with van der Waals surface area (Å²) in [5, 5.41) is 0. The molecule has 0 spiro atoms. The highest BCUT2D eigenvalue weighted by Gasteiger charge is 2.23. The number of benzene rings is 2. The van der Waals surface area contributed by atoms with Crippen LogP contribution >= 0.6 is 0 Å². The van der Waals surface area contributed by atoms with Gasteiger partial charge >= 0.3 is 0 Å². The second kappa shape index (κ2) is 9.23. The van der Waals surface area contributed by atoms with E-state index in [9.17, 15) is 4.79 Å². The van der Waals surface area contributed by atoms with E-state index in [0.717, 1.165) is 42.7 Å². The number of allylic oxidation sites excluding steroid dienone is 2. The van der Waals surface area contributed by atoms with Gasteiger partial charge in [-0.2, -0.15) is 0 Å². The molecule has 0 saturated carbocycles. The Morgan fingerprint density at radius 1 is 1.04 bits per heavy atom. The lowest BCUT2D eigenvalue weighted by Crippen LogP contribution is -2.35. The summed E-state index contributed by atoms with van der Waals surface area (Å²) in [4.78, 5) is 14.7. The molecule has 0 unspecified atom stereocenters. The first-order valence-corrected chi connectivity index (χ1v) is 9.45. The third kappa shape index (κ3) is 4.98. The van der Waals surface area contributed by atoms with Gasteiger partial charge in [0.05, 0.1) is 0 Å². The van der Waals surface area contributed by atoms with Crippen molar-refractivity contribution in [1.82, 2.24) is 4.90 Å². The van der Waals surface area contributed by atoms with Crippen LogP contribution in [0.15, 0.2) is 66.7 Å². The van der Waals surface area contributed by atoms with E-state index in [1.165, 1.54) is 0 Å². The molecule has 3 heteroatoms. The number of nitrogens with zero attached hydrogens (tertiary/aromatic N) is 1. The molecule has 1 aliphatic rings. The predicted octanol–water partition coefficient (Wildman–Crippen LogP) is 4.97. The van der Waals surface area contributed by atoms with E-state index in [-0.39, 0.29) is 11.8 Å². The zero-order valence-corrected chi connectivity index (χ0v) is 15.4. The van der Waals surface area contributed by atoms with Crippen LogP contribution in [0.1, 0.15) is 37.3 Å². The zero-order chi connectivity index (χ0) is 18.2. The Bertz CT molecular complexity index is 722. The normalized spacial score (nSPS) is 16.3. The molecule has 3 rings (SSSR count). The Hall–Kier alpha value is -2.55. The van der Waals surface area contributed by atoms with Crippen molar-refractivity contribution in [2.24, 2.45) is 5.92 Å². The molecule has 0 N–H and O–H groups in total. The van der Waals surface area contributed by atoms with Crippen molar-refractivity contribution in [3.63, 3.8) is 0 Å². The van der Waals surface area contributed by atoms with Gasteiger partial charge in [-0.3, -0.25) is 4.79 Å². The van der Waals surface area contributed by atoms with Gasteiger partial charge in [0.1, 0.15) is 12.4 Å². The molecule has 0 bridgehead atoms. The summed E-state index contributed by atoms with van der Waals surface area (Å²) in [6, 6.07) is 18.2. The molecule has 1 amide bonds.